The molecule has 12 rings (SSSR count). The Bertz CT molecular complexity index is 3710. The molecule has 3 aromatic heterocycles. The highest BCUT2D eigenvalue weighted by molar-refractivity contribution is 7.00. The van der Waals surface area contributed by atoms with Crippen LogP contribution in [0.25, 0.3) is 71.8 Å². The van der Waals surface area contributed by atoms with Gasteiger partial charge in [-0.2, -0.15) is 0 Å². The van der Waals surface area contributed by atoms with Crippen molar-refractivity contribution in [3.63, 3.8) is 0 Å². The third-order valence-corrected chi connectivity index (χ3v) is 15.1. The van der Waals surface area contributed by atoms with Gasteiger partial charge in [0.25, 0.3) is 6.71 Å². The topological polar surface area (TPSA) is 34.2 Å². The molecule has 0 amide bonds. The van der Waals surface area contributed by atoms with Crippen LogP contribution in [0.4, 0.5) is 17.1 Å². The number of para-hydroxylation sites is 1. The highest BCUT2D eigenvalue weighted by Crippen LogP contribution is 2.46. The van der Waals surface area contributed by atoms with E-state index in [4.69, 9.17) is 9.40 Å². The molecule has 336 valence electrons. The molecule has 0 unspecified atom stereocenters. The van der Waals surface area contributed by atoms with Crippen LogP contribution in [0.1, 0.15) is 105 Å². The van der Waals surface area contributed by atoms with Crippen LogP contribution in [0, 0.1) is 0 Å². The first-order chi connectivity index (χ1) is 32.2. The zero-order chi connectivity index (χ0) is 47.4. The number of furan rings is 1. The Balaban J connectivity index is 1.20. The Morgan fingerprint density at radius 2 is 1.13 bits per heavy atom. The molecule has 0 radical (unpaired) electrons. The molecule has 0 N–H and O–H groups in total. The molecule has 4 nitrogen and oxygen atoms in total. The van der Waals surface area contributed by atoms with E-state index in [2.05, 4.69) is 220 Å². The molecule has 2 aliphatic rings. The van der Waals surface area contributed by atoms with E-state index in [9.17, 15) is 0 Å². The van der Waals surface area contributed by atoms with E-state index in [1.165, 1.54) is 77.5 Å². The van der Waals surface area contributed by atoms with Gasteiger partial charge < -0.3 is 13.9 Å². The molecule has 0 aliphatic carbocycles. The van der Waals surface area contributed by atoms with Crippen LogP contribution in [0.2, 0.25) is 0 Å². The fourth-order valence-corrected chi connectivity index (χ4v) is 11.2. The first-order valence-corrected chi connectivity index (χ1v) is 24.5. The van der Waals surface area contributed by atoms with Gasteiger partial charge in [0, 0.05) is 61.6 Å². The molecule has 0 atom stereocenters. The molecule has 5 heteroatoms. The lowest BCUT2D eigenvalue weighted by molar-refractivity contribution is 0.590. The maximum absolute atomic E-state index is 6.87. The summed E-state index contributed by atoms with van der Waals surface area (Å²) in [6.45, 7) is 28.0. The Kier molecular flexibility index (Phi) is 8.96. The van der Waals surface area contributed by atoms with Crippen LogP contribution in [0.15, 0.2) is 150 Å². The summed E-state index contributed by atoms with van der Waals surface area (Å²) in [4.78, 5) is 7.26. The van der Waals surface area contributed by atoms with E-state index >= 15 is 0 Å². The number of hydrogen-bond donors (Lipinski definition) is 0. The predicted molar refractivity (Wildman–Crippen MR) is 291 cm³/mol. The summed E-state index contributed by atoms with van der Waals surface area (Å²) in [5.74, 6) is 0. The van der Waals surface area contributed by atoms with Crippen molar-refractivity contribution in [1.82, 2.24) is 9.55 Å². The first kappa shape index (κ1) is 42.5. The van der Waals surface area contributed by atoms with Crippen molar-refractivity contribution in [3.8, 4) is 28.1 Å². The van der Waals surface area contributed by atoms with E-state index in [-0.39, 0.29) is 28.4 Å². The molecule has 5 heterocycles. The number of fused-ring (bicyclic) bond motifs is 10. The number of pyridine rings is 1. The molecule has 10 aromatic rings. The quantitative estimate of drug-likeness (QED) is 0.166. The zero-order valence-electron chi connectivity index (χ0n) is 41.7. The number of hydrogen-bond acceptors (Lipinski definition) is 3. The number of rotatable bonds is 3. The number of aromatic nitrogens is 2. The normalized spacial score (nSPS) is 13.8. The Morgan fingerprint density at radius 3 is 1.84 bits per heavy atom. The van der Waals surface area contributed by atoms with Gasteiger partial charge in [0.1, 0.15) is 11.2 Å². The van der Waals surface area contributed by atoms with Gasteiger partial charge >= 0.3 is 0 Å². The van der Waals surface area contributed by atoms with Gasteiger partial charge in [0.2, 0.25) is 0 Å². The zero-order valence-corrected chi connectivity index (χ0v) is 41.7. The van der Waals surface area contributed by atoms with Gasteiger partial charge in [-0.05, 0) is 150 Å². The van der Waals surface area contributed by atoms with Crippen molar-refractivity contribution in [1.29, 1.82) is 0 Å². The van der Waals surface area contributed by atoms with Crippen molar-refractivity contribution >= 4 is 83.9 Å². The molecule has 0 saturated carbocycles. The first-order valence-electron chi connectivity index (χ1n) is 24.5. The summed E-state index contributed by atoms with van der Waals surface area (Å²) in [5.41, 5.74) is 22.6. The number of benzene rings is 7. The standard InChI is InChI=1S/C63H60BN3O/c1-60(2,3)39-20-24-43(25-21-39)66-53-28-23-41(62(7,8)9)35-49(53)64-50-36-42(63(10,11)12)34-48-47-33-40(61(4,5)6)22-27-52(47)67(58(48)50)55-31-38(30-54(66)57(55)64)37-19-26-44-45-16-15-17-46(51-18-13-14-29-65-51)59(45)68-56(44)32-37/h13-36H,1-12H3. The van der Waals surface area contributed by atoms with Crippen LogP contribution in [0.5, 0.6) is 0 Å². The van der Waals surface area contributed by atoms with Gasteiger partial charge in [0.15, 0.2) is 0 Å². The van der Waals surface area contributed by atoms with Gasteiger partial charge in [-0.3, -0.25) is 4.98 Å². The fraction of sp³-hybridized carbons (Fsp3) is 0.254. The van der Waals surface area contributed by atoms with Crippen molar-refractivity contribution < 1.29 is 4.42 Å². The van der Waals surface area contributed by atoms with Gasteiger partial charge in [-0.1, -0.05) is 144 Å². The minimum absolute atomic E-state index is 0.00279. The predicted octanol–water partition coefficient (Wildman–Crippen LogP) is 15.2. The third-order valence-electron chi connectivity index (χ3n) is 15.1. The van der Waals surface area contributed by atoms with E-state index in [0.29, 0.717) is 0 Å². The van der Waals surface area contributed by atoms with Crippen LogP contribution in [-0.4, -0.2) is 16.3 Å². The second-order valence-electron chi connectivity index (χ2n) is 23.8. The molecular weight excluding hydrogens is 826 g/mol. The lowest BCUT2D eigenvalue weighted by atomic mass is 9.33. The number of nitrogens with zero attached hydrogens (tertiary/aromatic N) is 3. The number of anilines is 3. The van der Waals surface area contributed by atoms with Crippen LogP contribution in [-0.2, 0) is 21.7 Å². The van der Waals surface area contributed by atoms with Crippen LogP contribution in [0.3, 0.4) is 0 Å². The summed E-state index contributed by atoms with van der Waals surface area (Å²) >= 11 is 0. The Morgan fingerprint density at radius 1 is 0.471 bits per heavy atom. The Labute approximate surface area is 401 Å². The molecule has 0 saturated heterocycles. The van der Waals surface area contributed by atoms with Crippen molar-refractivity contribution in [2.75, 3.05) is 4.90 Å². The van der Waals surface area contributed by atoms with Gasteiger partial charge in [-0.25, -0.2) is 0 Å². The highest BCUT2D eigenvalue weighted by Gasteiger charge is 2.44. The minimum Gasteiger partial charge on any atom is -0.455 e. The van der Waals surface area contributed by atoms with E-state index < -0.39 is 0 Å². The van der Waals surface area contributed by atoms with Gasteiger partial charge in [-0.15, -0.1) is 0 Å². The summed E-state index contributed by atoms with van der Waals surface area (Å²) in [7, 11) is 0. The molecule has 0 spiro atoms. The summed E-state index contributed by atoms with van der Waals surface area (Å²) in [6.07, 6.45) is 1.85. The molecule has 68 heavy (non-hydrogen) atoms. The van der Waals surface area contributed by atoms with E-state index in [1.54, 1.807) is 0 Å². The van der Waals surface area contributed by atoms with Crippen molar-refractivity contribution in [2.24, 2.45) is 0 Å². The second kappa shape index (κ2) is 14.3. The smallest absolute Gasteiger partial charge is 0.252 e. The van der Waals surface area contributed by atoms with E-state index in [1.807, 2.05) is 18.3 Å². The average Bonchev–Trinajstić information content (AvgIpc) is 3.84. The highest BCUT2D eigenvalue weighted by atomic mass is 16.3. The second-order valence-corrected chi connectivity index (χ2v) is 23.8. The van der Waals surface area contributed by atoms with Crippen LogP contribution < -0.4 is 21.3 Å². The summed E-state index contributed by atoms with van der Waals surface area (Å²) < 4.78 is 9.49. The average molecular weight is 886 g/mol. The maximum atomic E-state index is 6.87. The minimum atomic E-state index is -0.0625. The molecule has 0 fully saturated rings. The summed E-state index contributed by atoms with van der Waals surface area (Å²) in [5, 5.41) is 4.83. The summed E-state index contributed by atoms with van der Waals surface area (Å²) in [6, 6.07) is 53.1. The van der Waals surface area contributed by atoms with Crippen molar-refractivity contribution in [3.05, 3.63) is 168 Å². The molecule has 0 bridgehead atoms. The van der Waals surface area contributed by atoms with Gasteiger partial charge in [0.05, 0.1) is 11.2 Å². The molecule has 7 aromatic carbocycles. The SMILES string of the molecule is CC(C)(C)c1ccc(N2c3ccc(C(C)(C)C)cc3B3c4c2cc(-c2ccc5c(c2)oc2c(-c6ccccn6)cccc25)cc4-n2c4ccc(C(C)(C)C)cc4c4cc(C(C)(C)C)cc3c42)cc1. The monoisotopic (exact) mass is 885 g/mol. The largest absolute Gasteiger partial charge is 0.455 e. The third kappa shape index (κ3) is 6.45. The molecular formula is C63H60BN3O. The Hall–Kier alpha value is -6.85. The lowest BCUT2D eigenvalue weighted by Crippen LogP contribution is -2.60. The maximum Gasteiger partial charge on any atom is 0.252 e. The lowest BCUT2D eigenvalue weighted by Gasteiger charge is -2.41. The van der Waals surface area contributed by atoms with Crippen molar-refractivity contribution in [2.45, 2.75) is 105 Å². The fourth-order valence-electron chi connectivity index (χ4n) is 11.2. The molecule has 2 aliphatic heterocycles. The van der Waals surface area contributed by atoms with E-state index in [0.717, 1.165) is 50.0 Å². The van der Waals surface area contributed by atoms with Crippen LogP contribution >= 0.6 is 0 Å².